The Hall–Kier alpha value is -1.78. The van der Waals surface area contributed by atoms with Crippen molar-refractivity contribution in [2.75, 3.05) is 39.3 Å². The Kier molecular flexibility index (Phi) is 6.85. The van der Waals surface area contributed by atoms with Crippen molar-refractivity contribution >= 4 is 32.4 Å². The van der Waals surface area contributed by atoms with Crippen LogP contribution in [0.5, 0.6) is 0 Å². The number of piperidine rings is 1. The summed E-state index contributed by atoms with van der Waals surface area (Å²) in [5.41, 5.74) is 1.79. The highest BCUT2D eigenvalue weighted by atomic mass is 32.2. The SMILES string of the molecule is CCn1c(CN2CCN(Cc3cccs3)CC2)nc2cc(S(=O)(=O)N3CCCCC3)ccc21. The van der Waals surface area contributed by atoms with Crippen LogP contribution in [0.4, 0.5) is 0 Å². The first-order valence-corrected chi connectivity index (χ1v) is 14.3. The van der Waals surface area contributed by atoms with Crippen molar-refractivity contribution in [2.45, 2.75) is 50.7 Å². The molecule has 2 saturated heterocycles. The fraction of sp³-hybridized carbons (Fsp3) is 0.542. The zero-order chi connectivity index (χ0) is 22.8. The quantitative estimate of drug-likeness (QED) is 0.510. The van der Waals surface area contributed by atoms with Gasteiger partial charge in [0.25, 0.3) is 0 Å². The van der Waals surface area contributed by atoms with Crippen LogP contribution < -0.4 is 0 Å². The standard InChI is InChI=1S/C24H33N5O2S2/c1-2-29-23-9-8-21(33(30,31)28-10-4-3-5-11-28)17-22(23)25-24(29)19-27-14-12-26(13-15-27)18-20-7-6-16-32-20/h6-9,16-17H,2-5,10-15,18-19H2,1H3. The summed E-state index contributed by atoms with van der Waals surface area (Å²) < 4.78 is 30.1. The lowest BCUT2D eigenvalue weighted by molar-refractivity contribution is 0.120. The average Bonchev–Trinajstić information content (AvgIpc) is 3.47. The first-order valence-electron chi connectivity index (χ1n) is 12.0. The van der Waals surface area contributed by atoms with Crippen LogP contribution >= 0.6 is 11.3 Å². The summed E-state index contributed by atoms with van der Waals surface area (Å²) in [4.78, 5) is 11.7. The minimum atomic E-state index is -3.45. The zero-order valence-electron chi connectivity index (χ0n) is 19.3. The van der Waals surface area contributed by atoms with Crippen molar-refractivity contribution in [3.63, 3.8) is 0 Å². The Morgan fingerprint density at radius 2 is 1.67 bits per heavy atom. The Morgan fingerprint density at radius 1 is 0.939 bits per heavy atom. The molecule has 4 heterocycles. The Labute approximate surface area is 200 Å². The number of imidazole rings is 1. The molecule has 0 amide bonds. The third-order valence-electron chi connectivity index (χ3n) is 6.86. The molecule has 0 saturated carbocycles. The third-order valence-corrected chi connectivity index (χ3v) is 9.61. The number of piperazine rings is 1. The van der Waals surface area contributed by atoms with E-state index in [1.807, 2.05) is 17.4 Å². The van der Waals surface area contributed by atoms with Gasteiger partial charge in [0.15, 0.2) is 0 Å². The molecule has 2 fully saturated rings. The summed E-state index contributed by atoms with van der Waals surface area (Å²) in [5, 5.41) is 2.14. The number of nitrogens with zero attached hydrogens (tertiary/aromatic N) is 5. The molecule has 7 nitrogen and oxygen atoms in total. The van der Waals surface area contributed by atoms with Crippen molar-refractivity contribution in [3.8, 4) is 0 Å². The summed E-state index contributed by atoms with van der Waals surface area (Å²) in [6.07, 6.45) is 2.99. The number of aromatic nitrogens is 2. The van der Waals surface area contributed by atoms with Crippen molar-refractivity contribution < 1.29 is 8.42 Å². The maximum atomic E-state index is 13.1. The maximum Gasteiger partial charge on any atom is 0.243 e. The lowest BCUT2D eigenvalue weighted by Gasteiger charge is -2.34. The number of benzene rings is 1. The lowest BCUT2D eigenvalue weighted by atomic mass is 10.2. The van der Waals surface area contributed by atoms with Gasteiger partial charge in [0.1, 0.15) is 5.82 Å². The minimum absolute atomic E-state index is 0.367. The number of aryl methyl sites for hydroxylation is 1. The second-order valence-electron chi connectivity index (χ2n) is 9.02. The molecule has 5 rings (SSSR count). The zero-order valence-corrected chi connectivity index (χ0v) is 21.0. The Balaban J connectivity index is 1.30. The monoisotopic (exact) mass is 487 g/mol. The van der Waals surface area contributed by atoms with Crippen LogP contribution in [0.2, 0.25) is 0 Å². The molecule has 2 aromatic heterocycles. The van der Waals surface area contributed by atoms with Crippen LogP contribution in [0, 0.1) is 0 Å². The van der Waals surface area contributed by atoms with Crippen LogP contribution in [-0.2, 0) is 29.7 Å². The van der Waals surface area contributed by atoms with E-state index in [9.17, 15) is 8.42 Å². The molecular formula is C24H33N5O2S2. The fourth-order valence-corrected chi connectivity index (χ4v) is 7.26. The molecule has 0 atom stereocenters. The molecule has 0 unspecified atom stereocenters. The Bertz CT molecular complexity index is 1180. The molecule has 33 heavy (non-hydrogen) atoms. The van der Waals surface area contributed by atoms with E-state index >= 15 is 0 Å². The highest BCUT2D eigenvalue weighted by Crippen LogP contribution is 2.26. The first-order chi connectivity index (χ1) is 16.0. The summed E-state index contributed by atoms with van der Waals surface area (Å²) in [5.74, 6) is 1.02. The van der Waals surface area contributed by atoms with E-state index < -0.39 is 10.0 Å². The van der Waals surface area contributed by atoms with Crippen molar-refractivity contribution in [1.29, 1.82) is 0 Å². The van der Waals surface area contributed by atoms with Gasteiger partial charge < -0.3 is 4.57 Å². The smallest absolute Gasteiger partial charge is 0.243 e. The number of thiophene rings is 1. The number of fused-ring (bicyclic) bond motifs is 1. The largest absolute Gasteiger partial charge is 0.327 e. The molecule has 3 aromatic rings. The molecule has 2 aliphatic rings. The van der Waals surface area contributed by atoms with Crippen molar-refractivity contribution in [1.82, 2.24) is 23.7 Å². The van der Waals surface area contributed by atoms with Gasteiger partial charge in [-0.2, -0.15) is 4.31 Å². The summed E-state index contributed by atoms with van der Waals surface area (Å²) >= 11 is 1.82. The van der Waals surface area contributed by atoms with E-state index in [2.05, 4.69) is 38.8 Å². The first kappa shape index (κ1) is 23.0. The molecule has 9 heteroatoms. The van der Waals surface area contributed by atoms with Gasteiger partial charge in [0.05, 0.1) is 22.5 Å². The molecule has 2 aliphatic heterocycles. The molecule has 178 valence electrons. The molecule has 0 radical (unpaired) electrons. The third kappa shape index (κ3) is 4.88. The second-order valence-corrected chi connectivity index (χ2v) is 12.0. The van der Waals surface area contributed by atoms with E-state index in [-0.39, 0.29) is 0 Å². The van der Waals surface area contributed by atoms with Gasteiger partial charge in [-0.25, -0.2) is 13.4 Å². The molecule has 0 N–H and O–H groups in total. The van der Waals surface area contributed by atoms with Crippen LogP contribution in [0.15, 0.2) is 40.6 Å². The summed E-state index contributed by atoms with van der Waals surface area (Å²) in [6.45, 7) is 10.2. The highest BCUT2D eigenvalue weighted by molar-refractivity contribution is 7.89. The van der Waals surface area contributed by atoms with E-state index in [1.54, 1.807) is 16.4 Å². The number of sulfonamides is 1. The van der Waals surface area contributed by atoms with Crippen LogP contribution in [0.3, 0.4) is 0 Å². The van der Waals surface area contributed by atoms with Gasteiger partial charge in [-0.05, 0) is 49.4 Å². The minimum Gasteiger partial charge on any atom is -0.327 e. The summed E-state index contributed by atoms with van der Waals surface area (Å²) in [6, 6.07) is 9.79. The maximum absolute atomic E-state index is 13.1. The van der Waals surface area contributed by atoms with Gasteiger partial charge in [-0.1, -0.05) is 12.5 Å². The van der Waals surface area contributed by atoms with Crippen molar-refractivity contribution in [3.05, 3.63) is 46.4 Å². The second kappa shape index (κ2) is 9.84. The van der Waals surface area contributed by atoms with Gasteiger partial charge >= 0.3 is 0 Å². The molecule has 1 aromatic carbocycles. The van der Waals surface area contributed by atoms with Gasteiger partial charge in [0.2, 0.25) is 10.0 Å². The predicted molar refractivity (Wildman–Crippen MR) is 133 cm³/mol. The molecule has 0 aliphatic carbocycles. The number of hydrogen-bond donors (Lipinski definition) is 0. The van der Waals surface area contributed by atoms with Crippen molar-refractivity contribution in [2.24, 2.45) is 0 Å². The lowest BCUT2D eigenvalue weighted by Crippen LogP contribution is -2.45. The Morgan fingerprint density at radius 3 is 2.33 bits per heavy atom. The molecule has 0 bridgehead atoms. The molecular weight excluding hydrogens is 454 g/mol. The predicted octanol–water partition coefficient (Wildman–Crippen LogP) is 3.61. The van der Waals surface area contributed by atoms with Gasteiger partial charge in [-0.15, -0.1) is 11.3 Å². The van der Waals surface area contributed by atoms with Crippen LogP contribution in [-0.4, -0.2) is 71.3 Å². The van der Waals surface area contributed by atoms with E-state index in [4.69, 9.17) is 4.98 Å². The number of rotatable bonds is 7. The van der Waals surface area contributed by atoms with E-state index in [0.29, 0.717) is 18.0 Å². The summed E-state index contributed by atoms with van der Waals surface area (Å²) in [7, 11) is -3.45. The average molecular weight is 488 g/mol. The van der Waals surface area contributed by atoms with Crippen LogP contribution in [0.1, 0.15) is 36.9 Å². The highest BCUT2D eigenvalue weighted by Gasteiger charge is 2.27. The number of hydrogen-bond acceptors (Lipinski definition) is 6. The van der Waals surface area contributed by atoms with E-state index in [0.717, 1.165) is 81.9 Å². The van der Waals surface area contributed by atoms with Crippen LogP contribution in [0.25, 0.3) is 11.0 Å². The topological polar surface area (TPSA) is 61.7 Å². The molecule has 0 spiro atoms. The van der Waals surface area contributed by atoms with Gasteiger partial charge in [-0.3, -0.25) is 9.80 Å². The normalized spacial score (nSPS) is 19.4. The fourth-order valence-electron chi connectivity index (χ4n) is 4.98. The van der Waals surface area contributed by atoms with E-state index in [1.165, 1.54) is 4.88 Å². The van der Waals surface area contributed by atoms with Gasteiger partial charge in [0, 0.05) is 57.2 Å².